The molecular formula is C13H28N4O. The average Bonchev–Trinajstić information content (AvgIpc) is 2.28. The number of nitrogens with one attached hydrogen (secondary N) is 1. The monoisotopic (exact) mass is 256 g/mol. The second kappa shape index (κ2) is 6.95. The lowest BCUT2D eigenvalue weighted by molar-refractivity contribution is -0.0496. The molecule has 1 aliphatic heterocycles. The van der Waals surface area contributed by atoms with Gasteiger partial charge >= 0.3 is 0 Å². The van der Waals surface area contributed by atoms with Gasteiger partial charge in [-0.15, -0.1) is 0 Å². The molecule has 0 saturated carbocycles. The van der Waals surface area contributed by atoms with E-state index in [9.17, 15) is 0 Å². The minimum Gasteiger partial charge on any atom is -0.378 e. The van der Waals surface area contributed by atoms with Crippen LogP contribution in [0.2, 0.25) is 0 Å². The summed E-state index contributed by atoms with van der Waals surface area (Å²) in [6.45, 7) is 13.9. The van der Waals surface area contributed by atoms with Crippen molar-refractivity contribution in [2.24, 2.45) is 16.6 Å². The first-order valence-electron chi connectivity index (χ1n) is 6.78. The normalized spacial score (nSPS) is 21.3. The van der Waals surface area contributed by atoms with Crippen molar-refractivity contribution in [2.75, 3.05) is 39.4 Å². The van der Waals surface area contributed by atoms with Crippen LogP contribution in [0, 0.1) is 5.92 Å². The fraction of sp³-hybridized carbons (Fsp3) is 0.923. The fourth-order valence-electron chi connectivity index (χ4n) is 1.96. The first-order chi connectivity index (χ1) is 8.42. The Morgan fingerprint density at radius 1 is 1.50 bits per heavy atom. The lowest BCUT2D eigenvalue weighted by Crippen LogP contribution is -2.55. The molecule has 0 aromatic heterocycles. The van der Waals surface area contributed by atoms with Gasteiger partial charge in [0, 0.05) is 31.7 Å². The summed E-state index contributed by atoms with van der Waals surface area (Å²) < 4.78 is 5.50. The molecule has 3 N–H and O–H groups in total. The zero-order valence-electron chi connectivity index (χ0n) is 12.2. The Morgan fingerprint density at radius 3 is 2.83 bits per heavy atom. The number of hydrogen-bond acceptors (Lipinski definition) is 3. The molecule has 0 radical (unpaired) electrons. The molecule has 0 atom stereocenters. The van der Waals surface area contributed by atoms with Crippen molar-refractivity contribution in [1.82, 2.24) is 10.2 Å². The van der Waals surface area contributed by atoms with Crippen LogP contribution in [-0.2, 0) is 4.74 Å². The molecule has 0 spiro atoms. The first-order valence-corrected chi connectivity index (χ1v) is 6.78. The van der Waals surface area contributed by atoms with E-state index < -0.39 is 0 Å². The van der Waals surface area contributed by atoms with Crippen LogP contribution in [0.4, 0.5) is 0 Å². The van der Waals surface area contributed by atoms with Crippen LogP contribution in [0.5, 0.6) is 0 Å². The van der Waals surface area contributed by atoms with Crippen LogP contribution in [0.1, 0.15) is 27.7 Å². The summed E-state index contributed by atoms with van der Waals surface area (Å²) in [4.78, 5) is 6.71. The van der Waals surface area contributed by atoms with Crippen molar-refractivity contribution in [3.63, 3.8) is 0 Å². The van der Waals surface area contributed by atoms with Crippen molar-refractivity contribution in [1.29, 1.82) is 0 Å². The van der Waals surface area contributed by atoms with E-state index in [4.69, 9.17) is 10.5 Å². The number of hydrogen-bond donors (Lipinski definition) is 2. The minimum atomic E-state index is 0.115. The Bertz CT molecular complexity index is 276. The molecule has 0 unspecified atom stereocenters. The second-order valence-electron chi connectivity index (χ2n) is 5.90. The maximum Gasteiger partial charge on any atom is 0.188 e. The molecule has 0 aliphatic carbocycles. The Morgan fingerprint density at radius 2 is 2.22 bits per heavy atom. The molecule has 5 heteroatoms. The van der Waals surface area contributed by atoms with Crippen molar-refractivity contribution >= 4 is 5.96 Å². The van der Waals surface area contributed by atoms with E-state index in [0.717, 1.165) is 39.4 Å². The highest BCUT2D eigenvalue weighted by atomic mass is 16.5. The average molecular weight is 256 g/mol. The maximum atomic E-state index is 5.80. The van der Waals surface area contributed by atoms with Crippen molar-refractivity contribution < 1.29 is 4.74 Å². The molecule has 0 aromatic carbocycles. The summed E-state index contributed by atoms with van der Waals surface area (Å²) in [5, 5.41) is 3.17. The van der Waals surface area contributed by atoms with Gasteiger partial charge in [-0.05, 0) is 19.8 Å². The van der Waals surface area contributed by atoms with E-state index >= 15 is 0 Å². The van der Waals surface area contributed by atoms with Gasteiger partial charge in [0.15, 0.2) is 5.96 Å². The highest BCUT2D eigenvalue weighted by molar-refractivity contribution is 5.77. The summed E-state index contributed by atoms with van der Waals surface area (Å²) in [5.74, 6) is 1.10. The third kappa shape index (κ3) is 5.23. The smallest absolute Gasteiger partial charge is 0.188 e. The quantitative estimate of drug-likeness (QED) is 0.560. The van der Waals surface area contributed by atoms with Crippen LogP contribution in [0.15, 0.2) is 4.99 Å². The molecule has 18 heavy (non-hydrogen) atoms. The maximum absolute atomic E-state index is 5.80. The Kier molecular flexibility index (Phi) is 5.88. The molecule has 106 valence electrons. The van der Waals surface area contributed by atoms with Crippen LogP contribution < -0.4 is 11.1 Å². The zero-order valence-corrected chi connectivity index (χ0v) is 12.2. The largest absolute Gasteiger partial charge is 0.378 e. The van der Waals surface area contributed by atoms with Gasteiger partial charge in [0.25, 0.3) is 0 Å². The topological polar surface area (TPSA) is 62.9 Å². The van der Waals surface area contributed by atoms with Crippen molar-refractivity contribution in [2.45, 2.75) is 33.2 Å². The number of nitrogens with two attached hydrogens (primary N) is 1. The standard InChI is InChI=1S/C13H28N4O/c1-11(2)9-16-12(14)15-5-6-17-7-8-18-10-13(17,3)4/h11H,5-10H2,1-4H3,(H3,14,15,16). The summed E-state index contributed by atoms with van der Waals surface area (Å²) >= 11 is 0. The zero-order chi connectivity index (χ0) is 13.6. The van der Waals surface area contributed by atoms with Gasteiger partial charge in [0.2, 0.25) is 0 Å². The van der Waals surface area contributed by atoms with Gasteiger partial charge in [-0.25, -0.2) is 0 Å². The predicted octanol–water partition coefficient (Wildman–Crippen LogP) is 0.658. The summed E-state index contributed by atoms with van der Waals surface area (Å²) in [7, 11) is 0. The fourth-order valence-corrected chi connectivity index (χ4v) is 1.96. The molecule has 1 heterocycles. The van der Waals surface area contributed by atoms with E-state index in [0.29, 0.717) is 11.9 Å². The number of nitrogens with zero attached hydrogens (tertiary/aromatic N) is 2. The Labute approximate surface area is 111 Å². The molecule has 0 aromatic rings. The van der Waals surface area contributed by atoms with Gasteiger partial charge < -0.3 is 15.8 Å². The van der Waals surface area contributed by atoms with Crippen LogP contribution >= 0.6 is 0 Å². The van der Waals surface area contributed by atoms with Crippen LogP contribution in [-0.4, -0.2) is 55.8 Å². The van der Waals surface area contributed by atoms with Crippen molar-refractivity contribution in [3.8, 4) is 0 Å². The molecule has 1 rings (SSSR count). The molecule has 5 nitrogen and oxygen atoms in total. The third-order valence-electron chi connectivity index (χ3n) is 3.13. The summed E-state index contributed by atoms with van der Waals surface area (Å²) in [6, 6.07) is 0. The van der Waals surface area contributed by atoms with E-state index in [2.05, 4.69) is 42.9 Å². The van der Waals surface area contributed by atoms with Gasteiger partial charge in [-0.1, -0.05) is 13.8 Å². The minimum absolute atomic E-state index is 0.115. The molecule has 0 amide bonds. The van der Waals surface area contributed by atoms with E-state index in [1.165, 1.54) is 0 Å². The third-order valence-corrected chi connectivity index (χ3v) is 3.13. The van der Waals surface area contributed by atoms with E-state index in [1.54, 1.807) is 0 Å². The molecular weight excluding hydrogens is 228 g/mol. The molecule has 0 bridgehead atoms. The van der Waals surface area contributed by atoms with Gasteiger partial charge in [-0.3, -0.25) is 9.89 Å². The highest BCUT2D eigenvalue weighted by Gasteiger charge is 2.29. The van der Waals surface area contributed by atoms with Crippen LogP contribution in [0.25, 0.3) is 0 Å². The van der Waals surface area contributed by atoms with Crippen LogP contribution in [0.3, 0.4) is 0 Å². The number of ether oxygens (including phenoxy) is 1. The molecule has 1 fully saturated rings. The van der Waals surface area contributed by atoms with Gasteiger partial charge in [-0.2, -0.15) is 0 Å². The summed E-state index contributed by atoms with van der Waals surface area (Å²) in [5.41, 5.74) is 5.92. The highest BCUT2D eigenvalue weighted by Crippen LogP contribution is 2.17. The van der Waals surface area contributed by atoms with E-state index in [1.807, 2.05) is 0 Å². The molecule has 1 aliphatic rings. The number of morpholine rings is 1. The van der Waals surface area contributed by atoms with E-state index in [-0.39, 0.29) is 5.54 Å². The number of rotatable bonds is 5. The lowest BCUT2D eigenvalue weighted by Gasteiger charge is -2.42. The second-order valence-corrected chi connectivity index (χ2v) is 5.90. The molecule has 1 saturated heterocycles. The van der Waals surface area contributed by atoms with Gasteiger partial charge in [0.1, 0.15) is 0 Å². The predicted molar refractivity (Wildman–Crippen MR) is 75.8 cm³/mol. The Balaban J connectivity index is 2.26. The first kappa shape index (κ1) is 15.2. The Hall–Kier alpha value is -0.810. The number of aliphatic imine (C=N–C) groups is 1. The summed E-state index contributed by atoms with van der Waals surface area (Å²) in [6.07, 6.45) is 0. The number of guanidine groups is 1. The SMILES string of the molecule is CC(C)CN=C(N)NCCN1CCOCC1(C)C. The lowest BCUT2D eigenvalue weighted by atomic mass is 10.0. The van der Waals surface area contributed by atoms with Gasteiger partial charge in [0.05, 0.1) is 13.2 Å². The van der Waals surface area contributed by atoms with Crippen molar-refractivity contribution in [3.05, 3.63) is 0 Å².